The number of esters is 1. The number of rotatable bonds is 26. The maximum Gasteiger partial charge on any atom is 0.397 e. The van der Waals surface area contributed by atoms with Gasteiger partial charge in [0.15, 0.2) is 6.29 Å². The van der Waals surface area contributed by atoms with E-state index in [0.717, 1.165) is 44.9 Å². The Morgan fingerprint density at radius 1 is 0.810 bits per heavy atom. The van der Waals surface area contributed by atoms with Gasteiger partial charge >= 0.3 is 16.4 Å². The molecular formula is C29H56O12S. The Balaban J connectivity index is 2.60. The molecule has 1 heterocycles. The van der Waals surface area contributed by atoms with E-state index in [1.165, 1.54) is 44.9 Å². The fourth-order valence-electron chi connectivity index (χ4n) is 4.79. The van der Waals surface area contributed by atoms with E-state index < -0.39 is 59.8 Å². The smallest absolute Gasteiger partial charge is 0.397 e. The molecule has 0 aliphatic carbocycles. The predicted molar refractivity (Wildman–Crippen MR) is 156 cm³/mol. The summed E-state index contributed by atoms with van der Waals surface area (Å²) in [5.74, 6) is -0.410. The molecular weight excluding hydrogens is 572 g/mol. The standard InChI is InChI=1S/C29H56O12S/c1-3-5-7-9-11-12-13-15-17-19-37-21-23(39-25(31)18-16-14-10-8-6-4-2)22-38-29-27(33)28(41-42(34,35)36)26(32)24(20-30)40-29/h23-24,26-30,32-33H,3-22H2,1-2H3,(H,34,35,36). The van der Waals surface area contributed by atoms with Gasteiger partial charge in [-0.2, -0.15) is 8.42 Å². The fourth-order valence-corrected chi connectivity index (χ4v) is 5.30. The molecule has 0 aromatic rings. The third kappa shape index (κ3) is 18.0. The molecule has 0 radical (unpaired) electrons. The Morgan fingerprint density at radius 2 is 1.36 bits per heavy atom. The van der Waals surface area contributed by atoms with Crippen molar-refractivity contribution in [2.45, 2.75) is 153 Å². The van der Waals surface area contributed by atoms with E-state index >= 15 is 0 Å². The van der Waals surface area contributed by atoms with E-state index in [9.17, 15) is 28.5 Å². The maximum absolute atomic E-state index is 12.5. The van der Waals surface area contributed by atoms with Crippen LogP contribution in [0.25, 0.3) is 0 Å². The number of aliphatic hydroxyl groups is 3. The van der Waals surface area contributed by atoms with Gasteiger partial charge in [0.1, 0.15) is 30.5 Å². The first-order valence-electron chi connectivity index (χ1n) is 15.8. The number of aliphatic hydroxyl groups excluding tert-OH is 3. The molecule has 1 rings (SSSR count). The summed E-state index contributed by atoms with van der Waals surface area (Å²) in [5.41, 5.74) is 0. The second-order valence-corrected chi connectivity index (χ2v) is 12.1. The summed E-state index contributed by atoms with van der Waals surface area (Å²) < 4.78 is 58.2. The first-order chi connectivity index (χ1) is 20.1. The van der Waals surface area contributed by atoms with Crippen LogP contribution >= 0.6 is 0 Å². The number of hydrogen-bond acceptors (Lipinski definition) is 11. The molecule has 6 unspecified atom stereocenters. The van der Waals surface area contributed by atoms with Gasteiger partial charge < -0.3 is 34.3 Å². The highest BCUT2D eigenvalue weighted by Gasteiger charge is 2.48. The Bertz CT molecular complexity index is 781. The first kappa shape index (κ1) is 39.1. The number of carbonyl (C=O) groups is 1. The quantitative estimate of drug-likeness (QED) is 0.0619. The normalized spacial score (nSPS) is 23.6. The van der Waals surface area contributed by atoms with Crippen molar-refractivity contribution in [2.24, 2.45) is 0 Å². The molecule has 1 aliphatic rings. The molecule has 1 aliphatic heterocycles. The van der Waals surface area contributed by atoms with Crippen molar-refractivity contribution in [1.82, 2.24) is 0 Å². The van der Waals surface area contributed by atoms with Gasteiger partial charge in [-0.1, -0.05) is 97.3 Å². The topological polar surface area (TPSA) is 178 Å². The van der Waals surface area contributed by atoms with E-state index in [1.807, 2.05) is 0 Å². The maximum atomic E-state index is 12.5. The Morgan fingerprint density at radius 3 is 1.90 bits per heavy atom. The van der Waals surface area contributed by atoms with Gasteiger partial charge in [-0.05, 0) is 12.8 Å². The molecule has 12 nitrogen and oxygen atoms in total. The van der Waals surface area contributed by atoms with Crippen LogP contribution in [0.3, 0.4) is 0 Å². The summed E-state index contributed by atoms with van der Waals surface area (Å²) in [6.45, 7) is 3.86. The summed E-state index contributed by atoms with van der Waals surface area (Å²) in [4.78, 5) is 12.5. The van der Waals surface area contributed by atoms with Crippen molar-refractivity contribution < 1.29 is 56.2 Å². The largest absolute Gasteiger partial charge is 0.457 e. The van der Waals surface area contributed by atoms with Crippen LogP contribution < -0.4 is 0 Å². The van der Waals surface area contributed by atoms with Crippen LogP contribution in [-0.4, -0.2) is 97.5 Å². The zero-order chi connectivity index (χ0) is 31.2. The van der Waals surface area contributed by atoms with Crippen molar-refractivity contribution in [1.29, 1.82) is 0 Å². The second-order valence-electron chi connectivity index (χ2n) is 11.1. The lowest BCUT2D eigenvalue weighted by molar-refractivity contribution is -0.301. The number of unbranched alkanes of at least 4 members (excludes halogenated alkanes) is 13. The second kappa shape index (κ2) is 23.5. The van der Waals surface area contributed by atoms with Crippen LogP contribution in [0.15, 0.2) is 0 Å². The summed E-state index contributed by atoms with van der Waals surface area (Å²) in [7, 11) is -5.04. The molecule has 6 atom stereocenters. The van der Waals surface area contributed by atoms with Crippen LogP contribution in [-0.2, 0) is 38.3 Å². The van der Waals surface area contributed by atoms with Gasteiger partial charge in [-0.3, -0.25) is 9.35 Å². The molecule has 0 aromatic heterocycles. The van der Waals surface area contributed by atoms with Gasteiger partial charge in [0.05, 0.1) is 19.8 Å². The highest BCUT2D eigenvalue weighted by Crippen LogP contribution is 2.26. The lowest BCUT2D eigenvalue weighted by atomic mass is 9.99. The predicted octanol–water partition coefficient (Wildman–Crippen LogP) is 3.84. The highest BCUT2D eigenvalue weighted by atomic mass is 32.3. The molecule has 4 N–H and O–H groups in total. The van der Waals surface area contributed by atoms with Crippen LogP contribution in [0.5, 0.6) is 0 Å². The first-order valence-corrected chi connectivity index (χ1v) is 17.2. The zero-order valence-corrected chi connectivity index (χ0v) is 26.4. The number of hydrogen-bond donors (Lipinski definition) is 4. The fraction of sp³-hybridized carbons (Fsp3) is 0.966. The summed E-state index contributed by atoms with van der Waals surface area (Å²) in [5, 5.41) is 30.2. The molecule has 1 fully saturated rings. The van der Waals surface area contributed by atoms with Crippen LogP contribution in [0.2, 0.25) is 0 Å². The summed E-state index contributed by atoms with van der Waals surface area (Å²) >= 11 is 0. The third-order valence-corrected chi connectivity index (χ3v) is 7.69. The summed E-state index contributed by atoms with van der Waals surface area (Å²) in [6, 6.07) is 0. The molecule has 0 bridgehead atoms. The van der Waals surface area contributed by atoms with Gasteiger partial charge in [0.25, 0.3) is 0 Å². The van der Waals surface area contributed by atoms with E-state index in [-0.39, 0.29) is 19.6 Å². The zero-order valence-electron chi connectivity index (χ0n) is 25.6. The van der Waals surface area contributed by atoms with Crippen molar-refractivity contribution in [3.05, 3.63) is 0 Å². The molecule has 42 heavy (non-hydrogen) atoms. The molecule has 13 heteroatoms. The van der Waals surface area contributed by atoms with Crippen LogP contribution in [0, 0.1) is 0 Å². The number of ether oxygens (including phenoxy) is 4. The van der Waals surface area contributed by atoms with Crippen LogP contribution in [0.1, 0.15) is 117 Å². The Hall–Kier alpha value is -0.900. The molecule has 0 saturated carbocycles. The minimum atomic E-state index is -5.04. The van der Waals surface area contributed by atoms with Gasteiger partial charge in [-0.25, -0.2) is 4.18 Å². The molecule has 250 valence electrons. The monoisotopic (exact) mass is 628 g/mol. The Kier molecular flexibility index (Phi) is 21.9. The summed E-state index contributed by atoms with van der Waals surface area (Å²) in [6.07, 6.45) is 7.72. The minimum absolute atomic E-state index is 0.0407. The van der Waals surface area contributed by atoms with Crippen LogP contribution in [0.4, 0.5) is 0 Å². The van der Waals surface area contributed by atoms with Gasteiger partial charge in [-0.15, -0.1) is 0 Å². The SMILES string of the molecule is CCCCCCCCCCCOCC(COC1OC(CO)C(O)C(OS(=O)(=O)O)C1O)OC(=O)CCCCCCCC. The Labute approximate surface area is 252 Å². The van der Waals surface area contributed by atoms with Crippen molar-refractivity contribution in [3.8, 4) is 0 Å². The average Bonchev–Trinajstić information content (AvgIpc) is 2.94. The van der Waals surface area contributed by atoms with E-state index in [1.54, 1.807) is 0 Å². The molecule has 0 spiro atoms. The molecule has 1 saturated heterocycles. The third-order valence-electron chi connectivity index (χ3n) is 7.23. The van der Waals surface area contributed by atoms with Crippen molar-refractivity contribution >= 4 is 16.4 Å². The van der Waals surface area contributed by atoms with E-state index in [2.05, 4.69) is 18.0 Å². The number of carbonyl (C=O) groups excluding carboxylic acids is 1. The highest BCUT2D eigenvalue weighted by molar-refractivity contribution is 7.80. The van der Waals surface area contributed by atoms with Gasteiger partial charge in [0, 0.05) is 13.0 Å². The van der Waals surface area contributed by atoms with E-state index in [4.69, 9.17) is 23.5 Å². The van der Waals surface area contributed by atoms with E-state index in [0.29, 0.717) is 13.0 Å². The lowest BCUT2D eigenvalue weighted by Crippen LogP contribution is -2.60. The van der Waals surface area contributed by atoms with Crippen molar-refractivity contribution in [2.75, 3.05) is 26.4 Å². The molecule has 0 aromatic carbocycles. The lowest BCUT2D eigenvalue weighted by Gasteiger charge is -2.41. The molecule has 0 amide bonds. The average molecular weight is 629 g/mol. The van der Waals surface area contributed by atoms with Gasteiger partial charge in [0.2, 0.25) is 0 Å². The minimum Gasteiger partial charge on any atom is -0.457 e. The van der Waals surface area contributed by atoms with Crippen molar-refractivity contribution in [3.63, 3.8) is 0 Å².